The van der Waals surface area contributed by atoms with E-state index >= 15 is 0 Å². The smallest absolute Gasteiger partial charge is 0.463 e. The van der Waals surface area contributed by atoms with Gasteiger partial charge in [-0.25, -0.2) is 9.13 Å². The number of aliphatic hydroxyl groups excluding tert-OH is 2. The zero-order valence-electron chi connectivity index (χ0n) is 67.3. The lowest BCUT2D eigenvalue weighted by Gasteiger charge is -2.21. The van der Waals surface area contributed by atoms with Crippen molar-refractivity contribution in [1.29, 1.82) is 0 Å². The average molecular weight is 1540 g/mol. The summed E-state index contributed by atoms with van der Waals surface area (Å²) in [5, 5.41) is 20.7. The molecule has 0 bridgehead atoms. The molecule has 0 fully saturated rings. The van der Waals surface area contributed by atoms with Crippen LogP contribution in [0.1, 0.15) is 342 Å². The van der Waals surface area contributed by atoms with E-state index in [1.54, 1.807) is 0 Å². The van der Waals surface area contributed by atoms with E-state index in [-0.39, 0.29) is 19.3 Å². The van der Waals surface area contributed by atoms with Crippen LogP contribution in [0.5, 0.6) is 0 Å². The third-order valence-electron chi connectivity index (χ3n) is 17.5. The molecule has 0 spiro atoms. The maximum atomic E-state index is 13.0. The number of aliphatic hydroxyl groups is 2. The molecule has 0 radical (unpaired) electrons. The highest BCUT2D eigenvalue weighted by Crippen LogP contribution is 2.45. The first kappa shape index (κ1) is 102. The number of esters is 3. The third kappa shape index (κ3) is 82.2. The second-order valence-electron chi connectivity index (χ2n) is 27.9. The Kier molecular flexibility index (Phi) is 77.5. The van der Waals surface area contributed by atoms with E-state index in [1.807, 2.05) is 0 Å². The molecule has 107 heavy (non-hydrogen) atoms. The minimum absolute atomic E-state index is 0.0824. The van der Waals surface area contributed by atoms with Crippen molar-refractivity contribution in [3.05, 3.63) is 146 Å². The van der Waals surface area contributed by atoms with Crippen molar-refractivity contribution >= 4 is 33.6 Å². The number of carbonyl (C=O) groups is 3. The molecule has 0 aliphatic carbocycles. The molecule has 0 heterocycles. The number of ether oxygens (including phenoxy) is 3. The van der Waals surface area contributed by atoms with Crippen LogP contribution in [0.25, 0.3) is 0 Å². The first-order valence-corrected chi connectivity index (χ1v) is 45.1. The Morgan fingerprint density at radius 2 is 0.495 bits per heavy atom. The van der Waals surface area contributed by atoms with Gasteiger partial charge in [-0.05, 0) is 141 Å². The molecule has 16 nitrogen and oxygen atoms in total. The van der Waals surface area contributed by atoms with Crippen LogP contribution in [-0.2, 0) is 55.8 Å². The van der Waals surface area contributed by atoms with Crippen LogP contribution in [0.2, 0.25) is 0 Å². The summed E-state index contributed by atoms with van der Waals surface area (Å²) >= 11 is 0. The van der Waals surface area contributed by atoms with Crippen molar-refractivity contribution in [3.63, 3.8) is 0 Å². The Morgan fingerprint density at radius 1 is 0.271 bits per heavy atom. The molecule has 0 saturated heterocycles. The molecule has 0 aromatic heterocycles. The molecule has 0 rings (SSSR count). The highest BCUT2D eigenvalue weighted by molar-refractivity contribution is 7.47. The molecular weight excluding hydrogens is 1390 g/mol. The Hall–Kier alpha value is -4.57. The van der Waals surface area contributed by atoms with Gasteiger partial charge in [0.25, 0.3) is 0 Å². The zero-order valence-corrected chi connectivity index (χ0v) is 69.1. The fraction of sp³-hybridized carbons (Fsp3) is 0.697. The van der Waals surface area contributed by atoms with Crippen LogP contribution in [-0.4, -0.2) is 95.9 Å². The molecule has 5 atom stereocenters. The number of phosphoric ester groups is 2. The predicted octanol–water partition coefficient (Wildman–Crippen LogP) is 25.2. The van der Waals surface area contributed by atoms with E-state index in [9.17, 15) is 43.5 Å². The first-order chi connectivity index (χ1) is 52.2. The Balaban J connectivity index is 4.45. The lowest BCUT2D eigenvalue weighted by Crippen LogP contribution is -2.30. The molecule has 0 aromatic carbocycles. The van der Waals surface area contributed by atoms with Crippen LogP contribution in [0, 0.1) is 0 Å². The van der Waals surface area contributed by atoms with Crippen molar-refractivity contribution < 1.29 is 75.8 Å². The molecular formula is C89H152O16P2. The Bertz CT molecular complexity index is 2530. The summed E-state index contributed by atoms with van der Waals surface area (Å²) in [5.74, 6) is -1.63. The maximum absolute atomic E-state index is 13.0. The average Bonchev–Trinajstić information content (AvgIpc) is 1.01. The van der Waals surface area contributed by atoms with Gasteiger partial charge in [0.1, 0.15) is 25.4 Å². The lowest BCUT2D eigenvalue weighted by atomic mass is 10.0. The molecule has 0 amide bonds. The van der Waals surface area contributed by atoms with Crippen LogP contribution < -0.4 is 0 Å². The molecule has 0 aliphatic rings. The van der Waals surface area contributed by atoms with Gasteiger partial charge in [0.05, 0.1) is 26.4 Å². The largest absolute Gasteiger partial charge is 0.472 e. The van der Waals surface area contributed by atoms with Gasteiger partial charge in [-0.1, -0.05) is 327 Å². The normalized spacial score (nSPS) is 14.6. The van der Waals surface area contributed by atoms with Gasteiger partial charge in [0.2, 0.25) is 0 Å². The van der Waals surface area contributed by atoms with Crippen LogP contribution >= 0.6 is 15.6 Å². The summed E-state index contributed by atoms with van der Waals surface area (Å²) in [5.41, 5.74) is 0. The van der Waals surface area contributed by atoms with Gasteiger partial charge in [0, 0.05) is 19.3 Å². The second-order valence-corrected chi connectivity index (χ2v) is 30.8. The number of hydrogen-bond acceptors (Lipinski definition) is 14. The lowest BCUT2D eigenvalue weighted by molar-refractivity contribution is -0.161. The molecule has 614 valence electrons. The molecule has 0 aromatic rings. The third-order valence-corrected chi connectivity index (χ3v) is 19.4. The van der Waals surface area contributed by atoms with Gasteiger partial charge in [0.15, 0.2) is 6.10 Å². The van der Waals surface area contributed by atoms with Gasteiger partial charge in [-0.3, -0.25) is 32.5 Å². The molecule has 5 unspecified atom stereocenters. The fourth-order valence-electron chi connectivity index (χ4n) is 11.2. The minimum Gasteiger partial charge on any atom is -0.463 e. The van der Waals surface area contributed by atoms with Gasteiger partial charge >= 0.3 is 33.6 Å². The van der Waals surface area contributed by atoms with Crippen molar-refractivity contribution in [2.24, 2.45) is 0 Å². The summed E-state index contributed by atoms with van der Waals surface area (Å²) in [7, 11) is -9.81. The molecule has 0 saturated carbocycles. The topological polar surface area (TPSA) is 231 Å². The SMILES string of the molecule is CC/C=C\C/C=C\C/C=C\C/C=C\C/C=C\C/C=C\CCCCC(=O)OCC(COP(=O)(O)OCC(O)COP(=O)(O)OCC(O)COC(=O)CCCCCCCCCCCCCCCCCCCCC/C=C\C/C=C\C/C=C\C/C=C\C/C=C\CC)OC(=O)CCCCCCC/C=C\CCCCCCCC. The predicted molar refractivity (Wildman–Crippen MR) is 445 cm³/mol. The Labute approximate surface area is 651 Å². The number of carbonyl (C=O) groups excluding carboxylic acids is 3. The van der Waals surface area contributed by atoms with Gasteiger partial charge in [-0.2, -0.15) is 0 Å². The number of unbranched alkanes of at least 4 members (excludes halogenated alkanes) is 32. The maximum Gasteiger partial charge on any atom is 0.472 e. The quantitative estimate of drug-likeness (QED) is 0.0146. The van der Waals surface area contributed by atoms with Gasteiger partial charge in [-0.15, -0.1) is 0 Å². The number of allylic oxidation sites excluding steroid dienone is 24. The van der Waals surface area contributed by atoms with E-state index in [0.29, 0.717) is 19.3 Å². The second kappa shape index (κ2) is 80.9. The van der Waals surface area contributed by atoms with E-state index in [2.05, 4.69) is 167 Å². The number of hydrogen-bond donors (Lipinski definition) is 4. The van der Waals surface area contributed by atoms with Crippen LogP contribution in [0.4, 0.5) is 0 Å². The highest BCUT2D eigenvalue weighted by atomic mass is 31.2. The van der Waals surface area contributed by atoms with Crippen molar-refractivity contribution in [1.82, 2.24) is 0 Å². The van der Waals surface area contributed by atoms with E-state index in [0.717, 1.165) is 141 Å². The van der Waals surface area contributed by atoms with Crippen molar-refractivity contribution in [2.75, 3.05) is 39.6 Å². The highest BCUT2D eigenvalue weighted by Gasteiger charge is 2.29. The van der Waals surface area contributed by atoms with E-state index in [1.165, 1.54) is 141 Å². The number of rotatable bonds is 79. The van der Waals surface area contributed by atoms with Crippen LogP contribution in [0.15, 0.2) is 146 Å². The van der Waals surface area contributed by atoms with Crippen LogP contribution in [0.3, 0.4) is 0 Å². The molecule has 18 heteroatoms. The van der Waals surface area contributed by atoms with Crippen molar-refractivity contribution in [3.8, 4) is 0 Å². The Morgan fingerprint density at radius 3 is 0.813 bits per heavy atom. The summed E-state index contributed by atoms with van der Waals surface area (Å²) in [6.07, 6.45) is 101. The summed E-state index contributed by atoms with van der Waals surface area (Å²) in [6.45, 7) is 2.41. The number of phosphoric acid groups is 2. The fourth-order valence-corrected chi connectivity index (χ4v) is 12.8. The van der Waals surface area contributed by atoms with E-state index in [4.69, 9.17) is 32.3 Å². The van der Waals surface area contributed by atoms with E-state index < -0.39 is 91.5 Å². The summed E-state index contributed by atoms with van der Waals surface area (Å²) in [4.78, 5) is 58.7. The van der Waals surface area contributed by atoms with Crippen molar-refractivity contribution in [2.45, 2.75) is 360 Å². The molecule has 0 aliphatic heterocycles. The summed E-state index contributed by atoms with van der Waals surface area (Å²) in [6, 6.07) is 0. The monoisotopic (exact) mass is 1540 g/mol. The standard InChI is InChI=1S/C89H152O16P2/c1-4-7-10-13-16-19-22-25-28-30-32-34-35-36-37-38-39-40-41-42-43-44-45-46-47-49-51-52-55-57-60-63-66-69-72-75-87(92)99-78-84(90)79-101-106(95,96)102-80-85(91)81-103-107(97,98)104-83-86(105-89(94)77-74-71-68-65-62-59-54-27-24-21-18-15-12-9-6-3)82-100-88(93)76-73-70-67-64-61-58-56-53-50-48-33-31-29-26-23-20-17-14-11-8-5-2/h7-8,10-11,16-17,19-20,25-29,32-34,36-37,48,53-54,56,61,64,84-86,90-91H,4-6,9,12-15,18,21-24,30-31,35,38-47,49-52,55,57-60,62-63,65-83H2,1-3H3,(H,95,96)(H,97,98)/b10-7-,11-8-,19-16-,20-17-,28-25-,29-26-,34-32-,37-36-,48-33-,54-27-,56-53-,64-61-. The zero-order chi connectivity index (χ0) is 78.0. The summed E-state index contributed by atoms with van der Waals surface area (Å²) < 4.78 is 61.2. The minimum atomic E-state index is -4.95. The molecule has 4 N–H and O–H groups in total. The van der Waals surface area contributed by atoms with Gasteiger partial charge < -0.3 is 34.2 Å². The first-order valence-electron chi connectivity index (χ1n) is 42.1.